The van der Waals surface area contributed by atoms with E-state index in [1.54, 1.807) is 11.1 Å². The first-order valence-electron chi connectivity index (χ1n) is 10.6. The summed E-state index contributed by atoms with van der Waals surface area (Å²) >= 11 is 0. The first-order chi connectivity index (χ1) is 11.8. The molecule has 136 valence electrons. The third kappa shape index (κ3) is 2.32. The maximum absolute atomic E-state index is 4.49. The summed E-state index contributed by atoms with van der Waals surface area (Å²) in [6.45, 7) is 18.7. The Bertz CT molecular complexity index is 674. The SMILES string of the molecule is C=C1C=C2CCC3C(=CC[C@@]4(C)C3C[C@H](C)[C@@H]4C(=C)CC)[C@@]2(C)CC1. The largest absolute Gasteiger partial charge is 0.0996 e. The van der Waals surface area contributed by atoms with Crippen molar-refractivity contribution in [1.29, 1.82) is 0 Å². The zero-order valence-electron chi connectivity index (χ0n) is 16.8. The summed E-state index contributed by atoms with van der Waals surface area (Å²) in [6, 6.07) is 0. The lowest BCUT2D eigenvalue weighted by Crippen LogP contribution is -2.44. The molecule has 0 nitrogen and oxygen atoms in total. The van der Waals surface area contributed by atoms with Crippen LogP contribution in [0.15, 0.2) is 47.6 Å². The summed E-state index contributed by atoms with van der Waals surface area (Å²) < 4.78 is 0. The minimum absolute atomic E-state index is 0.328. The highest BCUT2D eigenvalue weighted by Gasteiger charge is 2.57. The van der Waals surface area contributed by atoms with Crippen LogP contribution < -0.4 is 0 Å². The summed E-state index contributed by atoms with van der Waals surface area (Å²) in [6.07, 6.45) is 14.1. The van der Waals surface area contributed by atoms with E-state index in [2.05, 4.69) is 53.0 Å². The van der Waals surface area contributed by atoms with Gasteiger partial charge in [0.05, 0.1) is 0 Å². The van der Waals surface area contributed by atoms with Crippen LogP contribution in [-0.2, 0) is 0 Å². The normalized spacial score (nSPS) is 45.8. The molecule has 4 aliphatic carbocycles. The van der Waals surface area contributed by atoms with Gasteiger partial charge in [0.15, 0.2) is 0 Å². The molecule has 0 aromatic heterocycles. The van der Waals surface area contributed by atoms with Crippen molar-refractivity contribution in [3.05, 3.63) is 47.6 Å². The summed E-state index contributed by atoms with van der Waals surface area (Å²) in [5.74, 6) is 3.19. The van der Waals surface area contributed by atoms with Crippen molar-refractivity contribution < 1.29 is 0 Å². The number of hydrogen-bond acceptors (Lipinski definition) is 0. The Hall–Kier alpha value is -1.04. The van der Waals surface area contributed by atoms with E-state index in [4.69, 9.17) is 0 Å². The first-order valence-corrected chi connectivity index (χ1v) is 10.6. The zero-order valence-corrected chi connectivity index (χ0v) is 16.8. The van der Waals surface area contributed by atoms with E-state index in [-0.39, 0.29) is 0 Å². The van der Waals surface area contributed by atoms with Crippen molar-refractivity contribution in [2.45, 2.75) is 72.6 Å². The van der Waals surface area contributed by atoms with E-state index in [1.165, 1.54) is 49.7 Å². The summed E-state index contributed by atoms with van der Waals surface area (Å²) in [5.41, 5.74) is 7.10. The Kier molecular flexibility index (Phi) is 3.98. The van der Waals surface area contributed by atoms with Gasteiger partial charge in [-0.25, -0.2) is 0 Å². The van der Waals surface area contributed by atoms with Gasteiger partial charge < -0.3 is 0 Å². The van der Waals surface area contributed by atoms with Gasteiger partial charge in [-0.05, 0) is 74.0 Å². The van der Waals surface area contributed by atoms with Crippen LogP contribution in [0.4, 0.5) is 0 Å². The predicted octanol–water partition coefficient (Wildman–Crippen LogP) is 7.25. The number of hydrogen-bond donors (Lipinski definition) is 0. The van der Waals surface area contributed by atoms with E-state index < -0.39 is 0 Å². The van der Waals surface area contributed by atoms with Gasteiger partial charge >= 0.3 is 0 Å². The third-order valence-electron chi connectivity index (χ3n) is 8.69. The van der Waals surface area contributed by atoms with Crippen LogP contribution in [0.5, 0.6) is 0 Å². The standard InChI is InChI=1S/C25H36/c1-7-17(3)23-18(4)15-22-20-9-8-19-14-16(2)10-12-24(19,5)21(20)11-13-25(22,23)6/h11,14,18,20,22-23H,2-3,7-10,12-13,15H2,1,4-6H3/t18-,20?,22?,23-,24-,25-/m0/s1. The molecule has 4 rings (SSSR count). The van der Waals surface area contributed by atoms with Crippen LogP contribution in [0.2, 0.25) is 0 Å². The quantitative estimate of drug-likeness (QED) is 0.466. The van der Waals surface area contributed by atoms with Crippen molar-refractivity contribution in [1.82, 2.24) is 0 Å². The molecule has 0 spiro atoms. The Labute approximate surface area is 155 Å². The minimum atomic E-state index is 0.328. The van der Waals surface area contributed by atoms with Crippen LogP contribution in [0.3, 0.4) is 0 Å². The molecule has 4 aliphatic rings. The Balaban J connectivity index is 1.74. The van der Waals surface area contributed by atoms with E-state index in [9.17, 15) is 0 Å². The molecule has 0 saturated heterocycles. The van der Waals surface area contributed by atoms with Gasteiger partial charge in [0.1, 0.15) is 0 Å². The first kappa shape index (κ1) is 17.4. The van der Waals surface area contributed by atoms with Crippen LogP contribution >= 0.6 is 0 Å². The molecule has 0 amide bonds. The number of fused-ring (bicyclic) bond motifs is 5. The molecule has 2 fully saturated rings. The Morgan fingerprint density at radius 1 is 1.28 bits per heavy atom. The molecule has 0 heteroatoms. The lowest BCUT2D eigenvalue weighted by Gasteiger charge is -2.54. The highest BCUT2D eigenvalue weighted by atomic mass is 14.6. The van der Waals surface area contributed by atoms with Gasteiger partial charge in [0, 0.05) is 5.41 Å². The fourth-order valence-electron chi connectivity index (χ4n) is 7.40. The van der Waals surface area contributed by atoms with Crippen LogP contribution in [0, 0.1) is 34.5 Å². The van der Waals surface area contributed by atoms with E-state index in [0.717, 1.165) is 30.1 Å². The molecule has 0 heterocycles. The average molecular weight is 337 g/mol. The van der Waals surface area contributed by atoms with Gasteiger partial charge in [-0.15, -0.1) is 0 Å². The Morgan fingerprint density at radius 2 is 2.04 bits per heavy atom. The molecule has 2 saturated carbocycles. The molecule has 0 aromatic rings. The number of rotatable bonds is 2. The highest BCUT2D eigenvalue weighted by Crippen LogP contribution is 2.66. The fraction of sp³-hybridized carbons (Fsp3) is 0.680. The van der Waals surface area contributed by atoms with Gasteiger partial charge in [0.25, 0.3) is 0 Å². The van der Waals surface area contributed by atoms with E-state index >= 15 is 0 Å². The van der Waals surface area contributed by atoms with Crippen molar-refractivity contribution in [2.24, 2.45) is 34.5 Å². The summed E-state index contributed by atoms with van der Waals surface area (Å²) in [4.78, 5) is 0. The molecule has 2 unspecified atom stereocenters. The molecular formula is C25H36. The molecule has 0 radical (unpaired) electrons. The maximum atomic E-state index is 4.49. The molecular weight excluding hydrogens is 300 g/mol. The van der Waals surface area contributed by atoms with Gasteiger partial charge in [-0.2, -0.15) is 0 Å². The molecule has 25 heavy (non-hydrogen) atoms. The maximum Gasteiger partial charge on any atom is 0.0101 e. The molecule has 0 aromatic carbocycles. The highest BCUT2D eigenvalue weighted by molar-refractivity contribution is 5.43. The van der Waals surface area contributed by atoms with Crippen LogP contribution in [0.1, 0.15) is 72.6 Å². The summed E-state index contributed by atoms with van der Waals surface area (Å²) in [5, 5.41) is 0. The second-order valence-electron chi connectivity index (χ2n) is 9.98. The second kappa shape index (κ2) is 5.73. The lowest BCUT2D eigenvalue weighted by molar-refractivity contribution is 0.0942. The smallest absolute Gasteiger partial charge is 0.0101 e. The summed E-state index contributed by atoms with van der Waals surface area (Å²) in [7, 11) is 0. The molecule has 0 N–H and O–H groups in total. The number of allylic oxidation sites excluding steroid dienone is 6. The van der Waals surface area contributed by atoms with Gasteiger partial charge in [-0.1, -0.05) is 75.3 Å². The van der Waals surface area contributed by atoms with E-state index in [0.29, 0.717) is 10.8 Å². The van der Waals surface area contributed by atoms with Crippen LogP contribution in [-0.4, -0.2) is 0 Å². The Morgan fingerprint density at radius 3 is 2.76 bits per heavy atom. The second-order valence-corrected chi connectivity index (χ2v) is 9.98. The topological polar surface area (TPSA) is 0 Å². The van der Waals surface area contributed by atoms with Crippen molar-refractivity contribution >= 4 is 0 Å². The van der Waals surface area contributed by atoms with Gasteiger partial charge in [-0.3, -0.25) is 0 Å². The zero-order chi connectivity index (χ0) is 18.0. The molecule has 0 bridgehead atoms. The minimum Gasteiger partial charge on any atom is -0.0996 e. The van der Waals surface area contributed by atoms with Crippen molar-refractivity contribution in [2.75, 3.05) is 0 Å². The predicted molar refractivity (Wildman–Crippen MR) is 108 cm³/mol. The van der Waals surface area contributed by atoms with Crippen molar-refractivity contribution in [3.63, 3.8) is 0 Å². The van der Waals surface area contributed by atoms with Crippen LogP contribution in [0.25, 0.3) is 0 Å². The van der Waals surface area contributed by atoms with Gasteiger partial charge in [0.2, 0.25) is 0 Å². The molecule has 6 atom stereocenters. The lowest BCUT2D eigenvalue weighted by atomic mass is 9.51. The van der Waals surface area contributed by atoms with E-state index in [1.807, 2.05) is 0 Å². The van der Waals surface area contributed by atoms with Crippen molar-refractivity contribution in [3.8, 4) is 0 Å². The average Bonchev–Trinajstić information content (AvgIpc) is 2.85. The monoisotopic (exact) mass is 336 g/mol. The fourth-order valence-corrected chi connectivity index (χ4v) is 7.40. The molecule has 0 aliphatic heterocycles. The third-order valence-corrected chi connectivity index (χ3v) is 8.69.